The summed E-state index contributed by atoms with van der Waals surface area (Å²) in [7, 11) is 1.23. The number of hydrogen-bond acceptors (Lipinski definition) is 6. The number of aliphatic hydroxyl groups excluding tert-OH is 1. The lowest BCUT2D eigenvalue weighted by molar-refractivity contribution is -0.870. The third kappa shape index (κ3) is 56.6. The Hall–Kier alpha value is -3.10. The maximum absolute atomic E-state index is 13.0. The Bertz CT molecular complexity index is 1620. The maximum atomic E-state index is 13.0. The zero-order valence-electron chi connectivity index (χ0n) is 48.2. The first kappa shape index (κ1) is 70.9. The normalized spacial score (nSPS) is 14.7. The minimum atomic E-state index is -4.61. The molecule has 0 aromatic carbocycles. The molecule has 0 radical (unpaired) electrons. The van der Waals surface area contributed by atoms with E-state index in [4.69, 9.17) is 9.05 Å². The molecule has 0 aliphatic heterocycles. The van der Waals surface area contributed by atoms with Gasteiger partial charge < -0.3 is 28.8 Å². The molecule has 0 aliphatic carbocycles. The topological polar surface area (TPSA) is 108 Å². The van der Waals surface area contributed by atoms with Crippen LogP contribution < -0.4 is 10.2 Å². The average molecular weight is 1050 g/mol. The van der Waals surface area contributed by atoms with Crippen molar-refractivity contribution in [2.75, 3.05) is 40.9 Å². The van der Waals surface area contributed by atoms with Crippen LogP contribution in [0.5, 0.6) is 0 Å². The molecule has 2 N–H and O–H groups in total. The Morgan fingerprint density at radius 2 is 0.838 bits per heavy atom. The van der Waals surface area contributed by atoms with E-state index in [1.807, 2.05) is 27.2 Å². The van der Waals surface area contributed by atoms with Crippen LogP contribution in [0.1, 0.15) is 232 Å². The molecule has 0 aromatic rings. The van der Waals surface area contributed by atoms with Crippen LogP contribution in [-0.2, 0) is 18.4 Å². The Morgan fingerprint density at radius 1 is 0.486 bits per heavy atom. The molecule has 0 aromatic heterocycles. The van der Waals surface area contributed by atoms with Crippen LogP contribution >= 0.6 is 7.82 Å². The van der Waals surface area contributed by atoms with Crippen LogP contribution in [0.25, 0.3) is 0 Å². The average Bonchev–Trinajstić information content (AvgIpc) is 3.36. The van der Waals surface area contributed by atoms with Gasteiger partial charge in [-0.2, -0.15) is 0 Å². The summed E-state index contributed by atoms with van der Waals surface area (Å²) < 4.78 is 23.3. The number of aliphatic hydroxyl groups is 1. The van der Waals surface area contributed by atoms with Gasteiger partial charge in [0, 0.05) is 6.42 Å². The second-order valence-electron chi connectivity index (χ2n) is 21.0. The first-order chi connectivity index (χ1) is 36.0. The summed E-state index contributed by atoms with van der Waals surface area (Å²) in [4.78, 5) is 25.5. The number of allylic oxidation sites excluding steroid dienone is 19. The minimum absolute atomic E-state index is 0.0128. The molecule has 74 heavy (non-hydrogen) atoms. The molecule has 0 spiro atoms. The smallest absolute Gasteiger partial charge is 0.268 e. The van der Waals surface area contributed by atoms with E-state index in [0.29, 0.717) is 17.4 Å². The number of nitrogens with zero attached hydrogens (tertiary/aromatic N) is 1. The summed E-state index contributed by atoms with van der Waals surface area (Å²) >= 11 is 0. The second kappa shape index (κ2) is 54.7. The van der Waals surface area contributed by atoms with E-state index >= 15 is 0 Å². The predicted octanol–water partition coefficient (Wildman–Crippen LogP) is 17.9. The molecular formula is C65H113N2O6P. The highest BCUT2D eigenvalue weighted by Gasteiger charge is 2.23. The number of rotatable bonds is 53. The molecule has 3 atom stereocenters. The Kier molecular flexibility index (Phi) is 52.4. The van der Waals surface area contributed by atoms with Crippen molar-refractivity contribution in [1.82, 2.24) is 5.32 Å². The summed E-state index contributed by atoms with van der Waals surface area (Å²) in [5, 5.41) is 13.9. The number of carbonyl (C=O) groups excluding carboxylic acids is 1. The fourth-order valence-electron chi connectivity index (χ4n) is 8.01. The van der Waals surface area contributed by atoms with Gasteiger partial charge in [0.25, 0.3) is 7.82 Å². The van der Waals surface area contributed by atoms with Crippen molar-refractivity contribution >= 4 is 13.7 Å². The number of unbranched alkanes of at least 4 members (excludes halogenated alkanes) is 22. The Balaban J connectivity index is 4.20. The van der Waals surface area contributed by atoms with E-state index in [1.54, 1.807) is 6.08 Å². The number of amides is 1. The number of quaternary nitrogens is 1. The van der Waals surface area contributed by atoms with Crippen LogP contribution in [0, 0.1) is 0 Å². The molecule has 0 saturated carbocycles. The Morgan fingerprint density at radius 3 is 1.26 bits per heavy atom. The standard InChI is InChI=1S/C65H113N2O6P/c1-6-8-10-12-14-16-18-20-22-24-25-26-27-28-29-30-31-32-33-34-35-36-37-38-39-40-41-43-45-47-49-51-53-55-57-59-65(69)66-63(62-73-74(70,71)72-61-60-67(3,4)5)64(68)58-56-54-52-50-48-46-44-42-23-21-19-17-15-13-11-9-7-2/h8,10,14,16,20,22,25-26,28-29,31-32,34-35,37-38,48,50,56,58,63-64,68H,6-7,9,11-13,15,17-19,21,23-24,27,30,33,36,39-47,49,51-55,57,59-62H2,1-5H3,(H-,66,69,70,71)/b10-8-,16-14-,22-20-,26-25-,29-28-,32-31-,35-34-,38-37-,50-48+,58-56+. The summed E-state index contributed by atoms with van der Waals surface area (Å²) in [6.45, 7) is 4.50. The van der Waals surface area contributed by atoms with Crippen molar-refractivity contribution < 1.29 is 32.9 Å². The van der Waals surface area contributed by atoms with Crippen molar-refractivity contribution in [2.45, 2.75) is 244 Å². The second-order valence-corrected chi connectivity index (χ2v) is 22.4. The number of nitrogens with one attached hydrogen (secondary N) is 1. The van der Waals surface area contributed by atoms with Gasteiger partial charge in [-0.1, -0.05) is 251 Å². The molecule has 0 saturated heterocycles. The van der Waals surface area contributed by atoms with Gasteiger partial charge >= 0.3 is 0 Å². The third-order valence-corrected chi connectivity index (χ3v) is 13.6. The highest BCUT2D eigenvalue weighted by Crippen LogP contribution is 2.38. The monoisotopic (exact) mass is 1050 g/mol. The fraction of sp³-hybridized carbons (Fsp3) is 0.677. The molecule has 1 amide bonds. The SMILES string of the molecule is CC/C=C\C/C=C\C/C=C\C/C=C\C/C=C\C/C=C\C/C=C\C/C=C\CCCCCCCCCCCCC(=O)NC(COP(=O)([O-])OCC[N+](C)(C)C)C(O)/C=C/CC/C=C/CCCCCCCCCCCCC. The lowest BCUT2D eigenvalue weighted by atomic mass is 10.0. The van der Waals surface area contributed by atoms with E-state index in [1.165, 1.54) is 116 Å². The first-order valence-corrected chi connectivity index (χ1v) is 31.4. The van der Waals surface area contributed by atoms with Crippen molar-refractivity contribution in [3.8, 4) is 0 Å². The molecule has 424 valence electrons. The van der Waals surface area contributed by atoms with Crippen LogP contribution in [-0.4, -0.2) is 68.5 Å². The van der Waals surface area contributed by atoms with E-state index in [0.717, 1.165) is 96.3 Å². The highest BCUT2D eigenvalue weighted by atomic mass is 31.2. The molecule has 3 unspecified atom stereocenters. The molecule has 9 heteroatoms. The van der Waals surface area contributed by atoms with Gasteiger partial charge in [0.05, 0.1) is 39.9 Å². The Labute approximate surface area is 456 Å². The largest absolute Gasteiger partial charge is 0.756 e. The zero-order valence-corrected chi connectivity index (χ0v) is 49.1. The minimum Gasteiger partial charge on any atom is -0.756 e. The van der Waals surface area contributed by atoms with Crippen LogP contribution in [0.3, 0.4) is 0 Å². The molecule has 0 bridgehead atoms. The molecular weight excluding hydrogens is 936 g/mol. The van der Waals surface area contributed by atoms with Crippen molar-refractivity contribution in [1.29, 1.82) is 0 Å². The summed E-state index contributed by atoms with van der Waals surface area (Å²) in [6.07, 6.45) is 81.4. The van der Waals surface area contributed by atoms with Gasteiger partial charge in [-0.3, -0.25) is 9.36 Å². The third-order valence-electron chi connectivity index (χ3n) is 12.7. The summed E-state index contributed by atoms with van der Waals surface area (Å²) in [5.74, 6) is -0.216. The van der Waals surface area contributed by atoms with Gasteiger partial charge in [0.2, 0.25) is 5.91 Å². The fourth-order valence-corrected chi connectivity index (χ4v) is 8.73. The molecule has 0 heterocycles. The maximum Gasteiger partial charge on any atom is 0.268 e. The molecule has 8 nitrogen and oxygen atoms in total. The van der Waals surface area contributed by atoms with Crippen molar-refractivity contribution in [3.05, 3.63) is 122 Å². The van der Waals surface area contributed by atoms with E-state index in [-0.39, 0.29) is 12.5 Å². The van der Waals surface area contributed by atoms with Gasteiger partial charge in [0.15, 0.2) is 0 Å². The lowest BCUT2D eigenvalue weighted by Crippen LogP contribution is -2.45. The molecule has 0 fully saturated rings. The van der Waals surface area contributed by atoms with Gasteiger partial charge in [-0.25, -0.2) is 0 Å². The van der Waals surface area contributed by atoms with E-state index in [2.05, 4.69) is 129 Å². The number of carbonyl (C=O) groups is 1. The zero-order chi connectivity index (χ0) is 54.2. The quantitative estimate of drug-likeness (QED) is 0.0272. The van der Waals surface area contributed by atoms with E-state index in [9.17, 15) is 19.4 Å². The number of phosphoric ester groups is 1. The van der Waals surface area contributed by atoms with Gasteiger partial charge in [0.1, 0.15) is 13.2 Å². The summed E-state index contributed by atoms with van der Waals surface area (Å²) in [6, 6.07) is -0.914. The van der Waals surface area contributed by atoms with E-state index < -0.39 is 26.6 Å². The number of phosphoric acid groups is 1. The van der Waals surface area contributed by atoms with Crippen molar-refractivity contribution in [2.24, 2.45) is 0 Å². The highest BCUT2D eigenvalue weighted by molar-refractivity contribution is 7.45. The lowest BCUT2D eigenvalue weighted by Gasteiger charge is -2.29. The van der Waals surface area contributed by atoms with Crippen LogP contribution in [0.15, 0.2) is 122 Å². The van der Waals surface area contributed by atoms with Crippen LogP contribution in [0.2, 0.25) is 0 Å². The molecule has 0 aliphatic rings. The number of likely N-dealkylation sites (N-methyl/N-ethyl adjacent to an activating group) is 1. The van der Waals surface area contributed by atoms with Crippen molar-refractivity contribution in [3.63, 3.8) is 0 Å². The van der Waals surface area contributed by atoms with Gasteiger partial charge in [-0.15, -0.1) is 0 Å². The molecule has 0 rings (SSSR count). The predicted molar refractivity (Wildman–Crippen MR) is 320 cm³/mol. The van der Waals surface area contributed by atoms with Crippen LogP contribution in [0.4, 0.5) is 0 Å². The number of hydrogen-bond donors (Lipinski definition) is 2. The summed E-state index contributed by atoms with van der Waals surface area (Å²) in [5.41, 5.74) is 0. The van der Waals surface area contributed by atoms with Gasteiger partial charge in [-0.05, 0) is 96.3 Å². The first-order valence-electron chi connectivity index (χ1n) is 29.9.